The predicted molar refractivity (Wildman–Crippen MR) is 55.2 cm³/mol. The molecule has 0 spiro atoms. The van der Waals surface area contributed by atoms with Crippen LogP contribution in [0.15, 0.2) is 23.1 Å². The van der Waals surface area contributed by atoms with Crippen molar-refractivity contribution >= 4 is 10.0 Å². The van der Waals surface area contributed by atoms with Crippen LogP contribution >= 0.6 is 0 Å². The third-order valence-corrected chi connectivity index (χ3v) is 2.85. The molecule has 1 rings (SSSR count). The van der Waals surface area contributed by atoms with E-state index in [1.165, 1.54) is 18.2 Å². The molecule has 4 nitrogen and oxygen atoms in total. The smallest absolute Gasteiger partial charge is 0.238 e. The van der Waals surface area contributed by atoms with Crippen LogP contribution < -0.4 is 5.14 Å². The highest BCUT2D eigenvalue weighted by Crippen LogP contribution is 2.18. The second-order valence-corrected chi connectivity index (χ2v) is 5.03. The van der Waals surface area contributed by atoms with Gasteiger partial charge in [-0.25, -0.2) is 17.9 Å². The van der Waals surface area contributed by atoms with Gasteiger partial charge in [-0.1, -0.05) is 6.07 Å². The molecule has 0 amide bonds. The molecule has 0 saturated carbocycles. The molecule has 0 atom stereocenters. The van der Waals surface area contributed by atoms with Crippen LogP contribution in [0, 0.1) is 5.82 Å². The average molecular weight is 232 g/mol. The largest absolute Gasteiger partial charge is 0.305 e. The zero-order valence-electron chi connectivity index (χ0n) is 8.57. The van der Waals surface area contributed by atoms with Crippen LogP contribution in [0.2, 0.25) is 0 Å². The molecule has 0 aliphatic heterocycles. The Labute approximate surface area is 88.6 Å². The summed E-state index contributed by atoms with van der Waals surface area (Å²) >= 11 is 0. The van der Waals surface area contributed by atoms with Gasteiger partial charge in [0.1, 0.15) is 5.82 Å². The second kappa shape index (κ2) is 4.26. The van der Waals surface area contributed by atoms with Crippen LogP contribution in [0.25, 0.3) is 0 Å². The van der Waals surface area contributed by atoms with E-state index in [0.29, 0.717) is 0 Å². The summed E-state index contributed by atoms with van der Waals surface area (Å²) in [6.45, 7) is 0.193. The van der Waals surface area contributed by atoms with Crippen LogP contribution in [0.5, 0.6) is 0 Å². The third kappa shape index (κ3) is 2.98. The minimum atomic E-state index is -3.87. The fourth-order valence-corrected chi connectivity index (χ4v) is 2.05. The molecule has 84 valence electrons. The molecule has 0 aliphatic carbocycles. The molecular formula is C9H13FN2O2S. The Morgan fingerprint density at radius 1 is 1.40 bits per heavy atom. The molecule has 0 aromatic heterocycles. The molecule has 0 radical (unpaired) electrons. The molecule has 0 heterocycles. The van der Waals surface area contributed by atoms with Crippen LogP contribution in [0.3, 0.4) is 0 Å². The van der Waals surface area contributed by atoms with E-state index >= 15 is 0 Å². The molecular weight excluding hydrogens is 219 g/mol. The SMILES string of the molecule is CN(C)Cc1c(F)cccc1S(N)(=O)=O. The minimum absolute atomic E-state index is 0.102. The molecule has 1 aromatic rings. The molecule has 2 N–H and O–H groups in total. The predicted octanol–water partition coefficient (Wildman–Crippen LogP) is 0.535. The molecule has 0 fully saturated rings. The maximum absolute atomic E-state index is 13.4. The second-order valence-electron chi connectivity index (χ2n) is 3.50. The standard InChI is InChI=1S/C9H13FN2O2S/c1-12(2)6-7-8(10)4-3-5-9(7)15(11,13)14/h3-5H,6H2,1-2H3,(H2,11,13,14). The van der Waals surface area contributed by atoms with E-state index in [0.717, 1.165) is 0 Å². The van der Waals surface area contributed by atoms with Gasteiger partial charge < -0.3 is 4.90 Å². The van der Waals surface area contributed by atoms with E-state index in [2.05, 4.69) is 0 Å². The Morgan fingerprint density at radius 2 is 2.00 bits per heavy atom. The van der Waals surface area contributed by atoms with Gasteiger partial charge in [0.25, 0.3) is 0 Å². The summed E-state index contributed by atoms with van der Waals surface area (Å²) in [6.07, 6.45) is 0. The quantitative estimate of drug-likeness (QED) is 0.827. The number of halogens is 1. The normalized spacial score (nSPS) is 12.1. The Balaban J connectivity index is 3.33. The third-order valence-electron chi connectivity index (χ3n) is 1.86. The molecule has 0 saturated heterocycles. The highest BCUT2D eigenvalue weighted by atomic mass is 32.2. The average Bonchev–Trinajstić information content (AvgIpc) is 2.05. The summed E-state index contributed by atoms with van der Waals surface area (Å²) in [5.41, 5.74) is 0.102. The van der Waals surface area contributed by atoms with Crippen molar-refractivity contribution in [1.82, 2.24) is 4.90 Å². The fourth-order valence-electron chi connectivity index (χ4n) is 1.28. The monoisotopic (exact) mass is 232 g/mol. The van der Waals surface area contributed by atoms with Crippen molar-refractivity contribution < 1.29 is 12.8 Å². The zero-order valence-corrected chi connectivity index (χ0v) is 9.38. The van der Waals surface area contributed by atoms with Crippen molar-refractivity contribution in [2.75, 3.05) is 14.1 Å². The molecule has 6 heteroatoms. The number of sulfonamides is 1. The van der Waals surface area contributed by atoms with Crippen molar-refractivity contribution in [1.29, 1.82) is 0 Å². The van der Waals surface area contributed by atoms with Gasteiger partial charge in [-0.15, -0.1) is 0 Å². The van der Waals surface area contributed by atoms with E-state index in [-0.39, 0.29) is 17.0 Å². The van der Waals surface area contributed by atoms with Gasteiger partial charge in [0.2, 0.25) is 10.0 Å². The maximum atomic E-state index is 13.4. The number of hydrogen-bond acceptors (Lipinski definition) is 3. The van der Waals surface area contributed by atoms with Crippen molar-refractivity contribution in [3.05, 3.63) is 29.6 Å². The zero-order chi connectivity index (χ0) is 11.6. The van der Waals surface area contributed by atoms with Crippen LogP contribution in [0.4, 0.5) is 4.39 Å². The van der Waals surface area contributed by atoms with E-state index in [9.17, 15) is 12.8 Å². The lowest BCUT2D eigenvalue weighted by Crippen LogP contribution is -2.19. The van der Waals surface area contributed by atoms with E-state index in [4.69, 9.17) is 5.14 Å². The number of rotatable bonds is 3. The van der Waals surface area contributed by atoms with Crippen LogP contribution in [-0.4, -0.2) is 27.4 Å². The summed E-state index contributed by atoms with van der Waals surface area (Å²) < 4.78 is 35.8. The Morgan fingerprint density at radius 3 is 2.47 bits per heavy atom. The maximum Gasteiger partial charge on any atom is 0.238 e. The summed E-state index contributed by atoms with van der Waals surface area (Å²) in [4.78, 5) is 1.52. The minimum Gasteiger partial charge on any atom is -0.305 e. The first-order valence-corrected chi connectivity index (χ1v) is 5.82. The Kier molecular flexibility index (Phi) is 3.43. The van der Waals surface area contributed by atoms with Gasteiger partial charge in [-0.2, -0.15) is 0 Å². The lowest BCUT2D eigenvalue weighted by atomic mass is 10.2. The van der Waals surface area contributed by atoms with Gasteiger partial charge in [0, 0.05) is 12.1 Å². The summed E-state index contributed by atoms with van der Waals surface area (Å²) in [7, 11) is -0.425. The summed E-state index contributed by atoms with van der Waals surface area (Å²) in [5, 5.41) is 4.99. The van der Waals surface area contributed by atoms with E-state index in [1.807, 2.05) is 0 Å². The molecule has 0 bridgehead atoms. The highest BCUT2D eigenvalue weighted by Gasteiger charge is 2.17. The van der Waals surface area contributed by atoms with Gasteiger partial charge in [0.05, 0.1) is 4.90 Å². The lowest BCUT2D eigenvalue weighted by Gasteiger charge is -2.13. The summed E-state index contributed by atoms with van der Waals surface area (Å²) in [6, 6.07) is 3.85. The van der Waals surface area contributed by atoms with Gasteiger partial charge in [-0.3, -0.25) is 0 Å². The number of primary sulfonamides is 1. The first-order chi connectivity index (χ1) is 6.82. The summed E-state index contributed by atoms with van der Waals surface area (Å²) in [5.74, 6) is -0.560. The van der Waals surface area contributed by atoms with Gasteiger partial charge in [-0.05, 0) is 26.2 Å². The fraction of sp³-hybridized carbons (Fsp3) is 0.333. The topological polar surface area (TPSA) is 63.4 Å². The van der Waals surface area contributed by atoms with Crippen LogP contribution in [-0.2, 0) is 16.6 Å². The van der Waals surface area contributed by atoms with Crippen molar-refractivity contribution in [2.24, 2.45) is 5.14 Å². The molecule has 1 aromatic carbocycles. The van der Waals surface area contributed by atoms with Gasteiger partial charge in [0.15, 0.2) is 0 Å². The van der Waals surface area contributed by atoms with E-state index < -0.39 is 15.8 Å². The first kappa shape index (κ1) is 12.1. The lowest BCUT2D eigenvalue weighted by molar-refractivity contribution is 0.387. The number of nitrogens with two attached hydrogens (primary N) is 1. The Hall–Kier alpha value is -0.980. The van der Waals surface area contributed by atoms with Crippen molar-refractivity contribution in [3.63, 3.8) is 0 Å². The van der Waals surface area contributed by atoms with Gasteiger partial charge >= 0.3 is 0 Å². The van der Waals surface area contributed by atoms with Crippen molar-refractivity contribution in [3.8, 4) is 0 Å². The molecule has 0 aliphatic rings. The number of hydrogen-bond donors (Lipinski definition) is 1. The first-order valence-electron chi connectivity index (χ1n) is 4.27. The molecule has 15 heavy (non-hydrogen) atoms. The Bertz CT molecular complexity index is 457. The van der Waals surface area contributed by atoms with E-state index in [1.54, 1.807) is 19.0 Å². The molecule has 0 unspecified atom stereocenters. The van der Waals surface area contributed by atoms with Crippen molar-refractivity contribution in [2.45, 2.75) is 11.4 Å². The van der Waals surface area contributed by atoms with Crippen LogP contribution in [0.1, 0.15) is 5.56 Å². The highest BCUT2D eigenvalue weighted by molar-refractivity contribution is 7.89. The number of benzene rings is 1. The number of nitrogens with zero attached hydrogens (tertiary/aromatic N) is 1.